The normalized spacial score (nSPS) is 11.2. The summed E-state index contributed by atoms with van der Waals surface area (Å²) < 4.78 is 27.1. The number of hydrogen-bond donors (Lipinski definition) is 1. The topological polar surface area (TPSA) is 28.7 Å². The summed E-state index contributed by atoms with van der Waals surface area (Å²) in [6.07, 6.45) is 0. The molecule has 0 saturated heterocycles. The molecule has 0 spiro atoms. The molecule has 17 heavy (non-hydrogen) atoms. The minimum Gasteiger partial charge on any atom is -0.337 e. The van der Waals surface area contributed by atoms with Crippen molar-refractivity contribution in [2.24, 2.45) is 0 Å². The maximum Gasteiger partial charge on any atom is 0.153 e. The molecule has 6 heteroatoms. The van der Waals surface area contributed by atoms with Gasteiger partial charge in [-0.2, -0.15) is 0 Å². The zero-order valence-electron chi connectivity index (χ0n) is 8.30. The van der Waals surface area contributed by atoms with Crippen molar-refractivity contribution < 1.29 is 8.78 Å². The van der Waals surface area contributed by atoms with Crippen molar-refractivity contribution in [3.05, 3.63) is 40.2 Å². The quantitative estimate of drug-likeness (QED) is 0.704. The van der Waals surface area contributed by atoms with E-state index in [2.05, 4.69) is 9.97 Å². The van der Waals surface area contributed by atoms with Gasteiger partial charge in [-0.15, -0.1) is 11.3 Å². The summed E-state index contributed by atoms with van der Waals surface area (Å²) in [6.45, 7) is 0. The number of fused-ring (bicyclic) bond motifs is 1. The lowest BCUT2D eigenvalue weighted by molar-refractivity contribution is 0.591. The third kappa shape index (κ3) is 1.81. The molecular weight excluding hydrogens is 266 g/mol. The van der Waals surface area contributed by atoms with Gasteiger partial charge in [-0.25, -0.2) is 13.8 Å². The van der Waals surface area contributed by atoms with Crippen LogP contribution in [0.5, 0.6) is 0 Å². The molecule has 3 aromatic rings. The number of hydrogen-bond acceptors (Lipinski definition) is 2. The minimum absolute atomic E-state index is 0.130. The number of H-pyrrole nitrogens is 1. The van der Waals surface area contributed by atoms with Gasteiger partial charge in [0.2, 0.25) is 0 Å². The molecule has 0 aliphatic carbocycles. The van der Waals surface area contributed by atoms with Crippen LogP contribution in [0.4, 0.5) is 8.78 Å². The van der Waals surface area contributed by atoms with Crippen LogP contribution in [0.25, 0.3) is 21.7 Å². The summed E-state index contributed by atoms with van der Waals surface area (Å²) in [5.74, 6) is -0.819. The van der Waals surface area contributed by atoms with E-state index in [4.69, 9.17) is 11.6 Å². The van der Waals surface area contributed by atoms with Crippen LogP contribution in [-0.2, 0) is 0 Å². The van der Waals surface area contributed by atoms with Crippen LogP contribution in [0.3, 0.4) is 0 Å². The highest BCUT2D eigenvalue weighted by molar-refractivity contribution is 7.19. The van der Waals surface area contributed by atoms with Crippen LogP contribution >= 0.6 is 22.9 Å². The summed E-state index contributed by atoms with van der Waals surface area (Å²) in [7, 11) is 0. The summed E-state index contributed by atoms with van der Waals surface area (Å²) in [5.41, 5.74) is 0.466. The molecule has 0 bridgehead atoms. The zero-order chi connectivity index (χ0) is 12.0. The van der Waals surface area contributed by atoms with Gasteiger partial charge in [0.25, 0.3) is 0 Å². The fourth-order valence-corrected chi connectivity index (χ4v) is 2.59. The Morgan fingerprint density at radius 3 is 2.76 bits per heavy atom. The van der Waals surface area contributed by atoms with Gasteiger partial charge in [0.15, 0.2) is 5.82 Å². The van der Waals surface area contributed by atoms with Crippen molar-refractivity contribution in [1.82, 2.24) is 9.97 Å². The average molecular weight is 271 g/mol. The maximum absolute atomic E-state index is 13.4. The molecule has 3 rings (SSSR count). The molecule has 2 aromatic heterocycles. The predicted octanol–water partition coefficient (Wildman–Crippen LogP) is 4.22. The molecule has 0 amide bonds. The largest absolute Gasteiger partial charge is 0.337 e. The van der Waals surface area contributed by atoms with E-state index in [1.54, 1.807) is 12.1 Å². The van der Waals surface area contributed by atoms with Crippen LogP contribution in [-0.4, -0.2) is 9.97 Å². The number of thiophene rings is 1. The van der Waals surface area contributed by atoms with Crippen molar-refractivity contribution in [1.29, 1.82) is 0 Å². The van der Waals surface area contributed by atoms with Crippen LogP contribution in [0.1, 0.15) is 0 Å². The minimum atomic E-state index is -0.676. The van der Waals surface area contributed by atoms with Crippen molar-refractivity contribution >= 4 is 34.0 Å². The predicted molar refractivity (Wildman–Crippen MR) is 64.3 cm³/mol. The maximum atomic E-state index is 13.4. The Bertz CT molecular complexity index is 705. The van der Waals surface area contributed by atoms with E-state index < -0.39 is 11.6 Å². The van der Waals surface area contributed by atoms with Crippen molar-refractivity contribution in [2.75, 3.05) is 0 Å². The second-order valence-electron chi connectivity index (χ2n) is 3.47. The monoisotopic (exact) mass is 270 g/mol. The highest BCUT2D eigenvalue weighted by Crippen LogP contribution is 2.31. The fraction of sp³-hybridized carbons (Fsp3) is 0. The van der Waals surface area contributed by atoms with Gasteiger partial charge in [-0.3, -0.25) is 0 Å². The number of benzene rings is 1. The first-order valence-corrected chi connectivity index (χ1v) is 5.93. The second-order valence-corrected chi connectivity index (χ2v) is 5.19. The first-order valence-electron chi connectivity index (χ1n) is 4.74. The Labute approximate surface area is 104 Å². The first-order chi connectivity index (χ1) is 8.13. The zero-order valence-corrected chi connectivity index (χ0v) is 9.87. The standard InChI is InChI=1S/C11H5ClF2N2S/c12-9-2-1-8(17-9)11-15-7-4-5(13)3-6(14)10(7)16-11/h1-4H,(H,15,16). The van der Waals surface area contributed by atoms with Gasteiger partial charge >= 0.3 is 0 Å². The summed E-state index contributed by atoms with van der Waals surface area (Å²) >= 11 is 7.13. The lowest BCUT2D eigenvalue weighted by Crippen LogP contribution is -1.81. The number of imidazole rings is 1. The van der Waals surface area contributed by atoms with Crippen LogP contribution in [0.2, 0.25) is 4.34 Å². The van der Waals surface area contributed by atoms with Gasteiger partial charge in [-0.05, 0) is 18.2 Å². The molecule has 1 N–H and O–H groups in total. The van der Waals surface area contributed by atoms with Gasteiger partial charge < -0.3 is 4.98 Å². The van der Waals surface area contributed by atoms with Gasteiger partial charge in [0.05, 0.1) is 14.7 Å². The van der Waals surface area contributed by atoms with Gasteiger partial charge in [-0.1, -0.05) is 11.6 Å². The van der Waals surface area contributed by atoms with E-state index >= 15 is 0 Å². The fourth-order valence-electron chi connectivity index (χ4n) is 1.60. The average Bonchev–Trinajstić information content (AvgIpc) is 2.83. The summed E-state index contributed by atoms with van der Waals surface area (Å²) in [5, 5.41) is 0. The van der Waals surface area contributed by atoms with Crippen molar-refractivity contribution in [3.63, 3.8) is 0 Å². The smallest absolute Gasteiger partial charge is 0.153 e. The van der Waals surface area contributed by atoms with Gasteiger partial charge in [0.1, 0.15) is 17.2 Å². The highest BCUT2D eigenvalue weighted by Gasteiger charge is 2.12. The molecule has 2 nitrogen and oxygen atoms in total. The number of nitrogens with zero attached hydrogens (tertiary/aromatic N) is 1. The molecule has 86 valence electrons. The Morgan fingerprint density at radius 2 is 2.06 bits per heavy atom. The molecule has 0 fully saturated rings. The molecular formula is C11H5ClF2N2S. The van der Waals surface area contributed by atoms with Crippen LogP contribution < -0.4 is 0 Å². The molecule has 0 unspecified atom stereocenters. The summed E-state index contributed by atoms with van der Waals surface area (Å²) in [6, 6.07) is 5.53. The Kier molecular flexibility index (Phi) is 2.38. The van der Waals surface area contributed by atoms with E-state index in [9.17, 15) is 8.78 Å². The van der Waals surface area contributed by atoms with Crippen LogP contribution in [0, 0.1) is 11.6 Å². The number of halogens is 3. The highest BCUT2D eigenvalue weighted by atomic mass is 35.5. The summed E-state index contributed by atoms with van der Waals surface area (Å²) in [4.78, 5) is 7.74. The Balaban J connectivity index is 2.23. The second kappa shape index (κ2) is 3.78. The van der Waals surface area contributed by atoms with E-state index in [-0.39, 0.29) is 5.52 Å². The number of rotatable bonds is 1. The lowest BCUT2D eigenvalue weighted by Gasteiger charge is -1.90. The Morgan fingerprint density at radius 1 is 1.24 bits per heavy atom. The molecule has 1 aromatic carbocycles. The molecule has 0 atom stereocenters. The third-order valence-corrected chi connectivity index (χ3v) is 3.55. The number of aromatic nitrogens is 2. The molecule has 0 aliphatic rings. The molecule has 0 saturated carbocycles. The number of aromatic amines is 1. The number of nitrogens with one attached hydrogen (secondary N) is 1. The van der Waals surface area contributed by atoms with Crippen molar-refractivity contribution in [2.45, 2.75) is 0 Å². The van der Waals surface area contributed by atoms with E-state index in [0.717, 1.165) is 10.9 Å². The van der Waals surface area contributed by atoms with Crippen LogP contribution in [0.15, 0.2) is 24.3 Å². The molecule has 0 aliphatic heterocycles. The first kappa shape index (κ1) is 10.7. The Hall–Kier alpha value is -1.46. The molecule has 2 heterocycles. The van der Waals surface area contributed by atoms with Crippen molar-refractivity contribution in [3.8, 4) is 10.7 Å². The van der Waals surface area contributed by atoms with E-state index in [1.807, 2.05) is 0 Å². The van der Waals surface area contributed by atoms with Gasteiger partial charge in [0, 0.05) is 6.07 Å². The third-order valence-electron chi connectivity index (χ3n) is 2.31. The van der Waals surface area contributed by atoms with E-state index in [0.29, 0.717) is 15.7 Å². The lowest BCUT2D eigenvalue weighted by atomic mass is 10.3. The van der Waals surface area contributed by atoms with E-state index in [1.165, 1.54) is 17.4 Å². The SMILES string of the molecule is Fc1cc(F)c2nc(-c3ccc(Cl)s3)[nH]c2c1. The molecule has 0 radical (unpaired) electrons.